The van der Waals surface area contributed by atoms with Crippen molar-refractivity contribution in [2.75, 3.05) is 6.67 Å². The number of carbonyl (C=O) groups is 1. The van der Waals surface area contributed by atoms with Crippen molar-refractivity contribution in [1.82, 2.24) is 0 Å². The van der Waals surface area contributed by atoms with E-state index in [-0.39, 0.29) is 12.0 Å². The van der Waals surface area contributed by atoms with Crippen LogP contribution in [0.2, 0.25) is 0 Å². The van der Waals surface area contributed by atoms with E-state index in [1.807, 2.05) is 13.8 Å². The molecule has 0 bridgehead atoms. The van der Waals surface area contributed by atoms with Crippen molar-refractivity contribution >= 4 is 5.97 Å². The Morgan fingerprint density at radius 3 is 2.24 bits per heavy atom. The molecule has 0 rings (SSSR count). The van der Waals surface area contributed by atoms with Crippen LogP contribution in [0.15, 0.2) is 23.3 Å². The van der Waals surface area contributed by atoms with Gasteiger partial charge in [0, 0.05) is 6.08 Å². The highest BCUT2D eigenvalue weighted by atomic mass is 19.2. The van der Waals surface area contributed by atoms with Gasteiger partial charge in [-0.2, -0.15) is 0 Å². The van der Waals surface area contributed by atoms with Gasteiger partial charge in [0.15, 0.2) is 0 Å². The molecule has 0 aromatic carbocycles. The predicted octanol–water partition coefficient (Wildman–Crippen LogP) is 2.88. The highest BCUT2D eigenvalue weighted by molar-refractivity contribution is 5.73. The van der Waals surface area contributed by atoms with Gasteiger partial charge in [0.25, 0.3) is 0 Å². The van der Waals surface area contributed by atoms with Crippen LogP contribution in [0.3, 0.4) is 0 Å². The fraction of sp³-hybridized carbons (Fsp3) is 0.545. The van der Waals surface area contributed by atoms with E-state index in [1.54, 1.807) is 0 Å². The van der Waals surface area contributed by atoms with E-state index in [2.05, 4.69) is 0 Å². The van der Waals surface area contributed by atoms with E-state index in [0.717, 1.165) is 0 Å². The normalized spacial score (nSPS) is 14.4. The molecular formula is C11H18F3NO2. The molecule has 0 aliphatic heterocycles. The minimum atomic E-state index is -1.40. The van der Waals surface area contributed by atoms with Gasteiger partial charge in [0.1, 0.15) is 24.4 Å². The largest absolute Gasteiger partial charge is 0.480 e. The zero-order chi connectivity index (χ0) is 14.0. The number of hydrogen-bond acceptors (Lipinski definition) is 2. The van der Waals surface area contributed by atoms with E-state index < -0.39 is 30.3 Å². The molecule has 0 aromatic heterocycles. The quantitative estimate of drug-likeness (QED) is 0.740. The smallest absolute Gasteiger partial charge is 0.320 e. The number of hydrogen-bond donors (Lipinski definition) is 2. The number of allylic oxidation sites excluding steroid dienone is 3. The van der Waals surface area contributed by atoms with Gasteiger partial charge in [-0.15, -0.1) is 0 Å². The first-order valence-corrected chi connectivity index (χ1v) is 5.14. The highest BCUT2D eigenvalue weighted by Gasteiger charge is 2.13. The molecule has 100 valence electrons. The molecule has 0 saturated carbocycles. The standard InChI is InChI=1S/C9H12F3NO2.C2H6/c1-5(2-8(13)9(14)15)7(12)3-6(11)4-10;1-2/h3,8H,2,4,13H2,1H3,(H,14,15);1-2H3/b6-3+,7-5-;/t8-;/m1./s1. The summed E-state index contributed by atoms with van der Waals surface area (Å²) in [5, 5.41) is 8.42. The average Bonchev–Trinajstić information content (AvgIpc) is 2.30. The Morgan fingerprint density at radius 1 is 1.41 bits per heavy atom. The summed E-state index contributed by atoms with van der Waals surface area (Å²) >= 11 is 0. The van der Waals surface area contributed by atoms with Gasteiger partial charge in [-0.05, 0) is 18.9 Å². The summed E-state index contributed by atoms with van der Waals surface area (Å²) < 4.78 is 37.0. The van der Waals surface area contributed by atoms with E-state index in [1.165, 1.54) is 6.92 Å². The van der Waals surface area contributed by atoms with Crippen LogP contribution in [0.25, 0.3) is 0 Å². The fourth-order valence-electron chi connectivity index (χ4n) is 0.814. The number of nitrogens with two attached hydrogens (primary N) is 1. The number of aliphatic carboxylic acids is 1. The third-order valence-electron chi connectivity index (χ3n) is 1.66. The van der Waals surface area contributed by atoms with Gasteiger partial charge in [-0.3, -0.25) is 4.79 Å². The summed E-state index contributed by atoms with van der Waals surface area (Å²) in [6, 6.07) is -1.25. The highest BCUT2D eigenvalue weighted by Crippen LogP contribution is 2.15. The summed E-state index contributed by atoms with van der Waals surface area (Å²) in [4.78, 5) is 10.3. The number of halogens is 3. The van der Waals surface area contributed by atoms with Crippen LogP contribution in [0.5, 0.6) is 0 Å². The van der Waals surface area contributed by atoms with Gasteiger partial charge >= 0.3 is 5.97 Å². The van der Waals surface area contributed by atoms with Crippen LogP contribution in [-0.4, -0.2) is 23.8 Å². The van der Waals surface area contributed by atoms with Crippen LogP contribution >= 0.6 is 0 Å². The molecule has 0 fully saturated rings. The number of rotatable bonds is 5. The number of carboxylic acids is 1. The molecule has 0 amide bonds. The fourth-order valence-corrected chi connectivity index (χ4v) is 0.814. The van der Waals surface area contributed by atoms with E-state index >= 15 is 0 Å². The lowest BCUT2D eigenvalue weighted by atomic mass is 10.1. The van der Waals surface area contributed by atoms with Gasteiger partial charge in [-0.1, -0.05) is 13.8 Å². The Balaban J connectivity index is 0. The van der Waals surface area contributed by atoms with Crippen molar-refractivity contribution in [3.8, 4) is 0 Å². The monoisotopic (exact) mass is 253 g/mol. The summed E-state index contributed by atoms with van der Waals surface area (Å²) in [5.74, 6) is -3.53. The minimum absolute atomic E-state index is 0.0338. The molecule has 17 heavy (non-hydrogen) atoms. The second kappa shape index (κ2) is 9.89. The van der Waals surface area contributed by atoms with Crippen LogP contribution in [0, 0.1) is 0 Å². The van der Waals surface area contributed by atoms with Gasteiger partial charge in [-0.25, -0.2) is 13.2 Å². The maximum absolute atomic E-state index is 13.0. The molecule has 1 atom stereocenters. The lowest BCUT2D eigenvalue weighted by molar-refractivity contribution is -0.138. The predicted molar refractivity (Wildman–Crippen MR) is 60.6 cm³/mol. The van der Waals surface area contributed by atoms with E-state index in [0.29, 0.717) is 6.08 Å². The molecule has 3 nitrogen and oxygen atoms in total. The molecule has 0 unspecified atom stereocenters. The first-order valence-electron chi connectivity index (χ1n) is 5.14. The van der Waals surface area contributed by atoms with Crippen LogP contribution in [-0.2, 0) is 4.79 Å². The Bertz CT molecular complexity index is 301. The van der Waals surface area contributed by atoms with Crippen molar-refractivity contribution in [1.29, 1.82) is 0 Å². The van der Waals surface area contributed by atoms with Crippen LogP contribution in [0.4, 0.5) is 13.2 Å². The zero-order valence-corrected chi connectivity index (χ0v) is 10.1. The van der Waals surface area contributed by atoms with Crippen LogP contribution in [0.1, 0.15) is 27.2 Å². The lowest BCUT2D eigenvalue weighted by Crippen LogP contribution is -2.30. The molecule has 0 aliphatic carbocycles. The Hall–Kier alpha value is -1.30. The maximum atomic E-state index is 13.0. The Labute approximate surface area is 98.8 Å². The first-order chi connectivity index (χ1) is 7.88. The zero-order valence-electron chi connectivity index (χ0n) is 10.1. The first kappa shape index (κ1) is 18.1. The molecule has 3 N–H and O–H groups in total. The lowest BCUT2D eigenvalue weighted by Gasteiger charge is -2.06. The molecule has 0 saturated heterocycles. The maximum Gasteiger partial charge on any atom is 0.320 e. The summed E-state index contributed by atoms with van der Waals surface area (Å²) in [7, 11) is 0. The SMILES string of the molecule is C/C(C[C@@H](N)C(=O)O)=C(F)\C=C(\F)CF.CC. The van der Waals surface area contributed by atoms with Crippen molar-refractivity contribution in [2.45, 2.75) is 33.2 Å². The van der Waals surface area contributed by atoms with Crippen LogP contribution < -0.4 is 5.73 Å². The van der Waals surface area contributed by atoms with Gasteiger partial charge in [0.2, 0.25) is 0 Å². The third kappa shape index (κ3) is 8.50. The summed E-state index contributed by atoms with van der Waals surface area (Å²) in [5.41, 5.74) is 5.10. The molecule has 0 aliphatic rings. The summed E-state index contributed by atoms with van der Waals surface area (Å²) in [6.45, 7) is 3.87. The van der Waals surface area contributed by atoms with Crippen molar-refractivity contribution < 1.29 is 23.1 Å². The van der Waals surface area contributed by atoms with Gasteiger partial charge < -0.3 is 10.8 Å². The van der Waals surface area contributed by atoms with E-state index in [9.17, 15) is 18.0 Å². The van der Waals surface area contributed by atoms with Crippen molar-refractivity contribution in [3.05, 3.63) is 23.3 Å². The van der Waals surface area contributed by atoms with Gasteiger partial charge in [0.05, 0.1) is 0 Å². The number of carboxylic acid groups (broad SMARTS) is 1. The molecular weight excluding hydrogens is 235 g/mol. The Morgan fingerprint density at radius 2 is 1.88 bits per heavy atom. The third-order valence-corrected chi connectivity index (χ3v) is 1.66. The van der Waals surface area contributed by atoms with Crippen molar-refractivity contribution in [2.24, 2.45) is 5.73 Å². The molecule has 0 aromatic rings. The molecule has 0 radical (unpaired) electrons. The Kier molecular flexibility index (Phi) is 10.5. The average molecular weight is 253 g/mol. The minimum Gasteiger partial charge on any atom is -0.480 e. The summed E-state index contributed by atoms with van der Waals surface area (Å²) in [6.07, 6.45) is 0.126. The number of alkyl halides is 1. The second-order valence-electron chi connectivity index (χ2n) is 3.00. The topological polar surface area (TPSA) is 63.3 Å². The van der Waals surface area contributed by atoms with E-state index in [4.69, 9.17) is 10.8 Å². The molecule has 6 heteroatoms. The molecule has 0 heterocycles. The van der Waals surface area contributed by atoms with Crippen molar-refractivity contribution in [3.63, 3.8) is 0 Å². The molecule has 0 spiro atoms. The second-order valence-corrected chi connectivity index (χ2v) is 3.00.